The van der Waals surface area contributed by atoms with Crippen LogP contribution >= 0.6 is 0 Å². The summed E-state index contributed by atoms with van der Waals surface area (Å²) in [6.45, 7) is 10.9. The molecule has 1 atom stereocenters. The third-order valence-electron chi connectivity index (χ3n) is 4.24. The van der Waals surface area contributed by atoms with Gasteiger partial charge in [-0.05, 0) is 39.8 Å². The fourth-order valence-electron chi connectivity index (χ4n) is 3.05. The fraction of sp³-hybridized carbons (Fsp3) is 0.667. The van der Waals surface area contributed by atoms with E-state index in [2.05, 4.69) is 16.8 Å². The summed E-state index contributed by atoms with van der Waals surface area (Å²) < 4.78 is 16.4. The highest BCUT2D eigenvalue weighted by molar-refractivity contribution is 5.68. The van der Waals surface area contributed by atoms with Crippen molar-refractivity contribution in [3.8, 4) is 0 Å². The number of anilines is 1. The first-order valence-electron chi connectivity index (χ1n) is 8.77. The van der Waals surface area contributed by atoms with E-state index in [1.165, 1.54) is 0 Å². The molecule has 2 fully saturated rings. The lowest BCUT2D eigenvalue weighted by atomic mass is 10.2. The molecule has 3 rings (SSSR count). The Morgan fingerprint density at radius 1 is 1.24 bits per heavy atom. The van der Waals surface area contributed by atoms with Crippen LogP contribution in [-0.4, -0.2) is 60.5 Å². The molecule has 25 heavy (non-hydrogen) atoms. The largest absolute Gasteiger partial charge is 0.444 e. The van der Waals surface area contributed by atoms with E-state index in [1.807, 2.05) is 32.9 Å². The molecule has 138 valence electrons. The van der Waals surface area contributed by atoms with Crippen LogP contribution in [0.2, 0.25) is 0 Å². The van der Waals surface area contributed by atoms with Gasteiger partial charge < -0.3 is 24.0 Å². The van der Waals surface area contributed by atoms with Crippen molar-refractivity contribution in [1.29, 1.82) is 0 Å². The predicted octanol–water partition coefficient (Wildman–Crippen LogP) is 2.57. The first kappa shape index (κ1) is 17.9. The molecule has 2 saturated heterocycles. The first-order chi connectivity index (χ1) is 11.8. The summed E-state index contributed by atoms with van der Waals surface area (Å²) in [5.41, 5.74) is 0.459. The summed E-state index contributed by atoms with van der Waals surface area (Å²) >= 11 is 0. The number of amides is 1. The number of rotatable bonds is 2. The topological polar surface area (TPSA) is 64.1 Å². The Morgan fingerprint density at radius 3 is 2.52 bits per heavy atom. The van der Waals surface area contributed by atoms with Gasteiger partial charge in [-0.1, -0.05) is 0 Å². The van der Waals surface area contributed by atoms with E-state index in [0.29, 0.717) is 26.3 Å². The third kappa shape index (κ3) is 4.41. The number of pyridine rings is 1. The zero-order chi connectivity index (χ0) is 18.0. The van der Waals surface area contributed by atoms with Gasteiger partial charge in [-0.25, -0.2) is 9.78 Å². The van der Waals surface area contributed by atoms with Crippen LogP contribution < -0.4 is 4.90 Å². The maximum atomic E-state index is 12.2. The molecule has 0 N–H and O–H groups in total. The molecule has 1 aromatic rings. The van der Waals surface area contributed by atoms with Gasteiger partial charge >= 0.3 is 6.09 Å². The SMILES string of the molecule is C[C@@H]1CN(C(=O)OC(C)(C)C)CCN1c1ccc(C2OCCO2)cn1. The predicted molar refractivity (Wildman–Crippen MR) is 93.5 cm³/mol. The Hall–Kier alpha value is -1.86. The van der Waals surface area contributed by atoms with Crippen molar-refractivity contribution in [2.45, 2.75) is 45.6 Å². The molecule has 0 unspecified atom stereocenters. The Kier molecular flexibility index (Phi) is 5.15. The molecule has 0 spiro atoms. The van der Waals surface area contributed by atoms with Gasteiger partial charge in [0.1, 0.15) is 11.4 Å². The van der Waals surface area contributed by atoms with E-state index < -0.39 is 5.60 Å². The zero-order valence-electron chi connectivity index (χ0n) is 15.4. The molecule has 2 aliphatic rings. The Morgan fingerprint density at radius 2 is 1.96 bits per heavy atom. The molecule has 2 aliphatic heterocycles. The highest BCUT2D eigenvalue weighted by Gasteiger charge is 2.30. The van der Waals surface area contributed by atoms with Crippen LogP contribution in [0.25, 0.3) is 0 Å². The van der Waals surface area contributed by atoms with Crippen LogP contribution in [0.1, 0.15) is 39.5 Å². The van der Waals surface area contributed by atoms with Gasteiger partial charge in [-0.2, -0.15) is 0 Å². The van der Waals surface area contributed by atoms with Crippen LogP contribution in [0.15, 0.2) is 18.3 Å². The van der Waals surface area contributed by atoms with Gasteiger partial charge in [0.15, 0.2) is 6.29 Å². The van der Waals surface area contributed by atoms with Crippen molar-refractivity contribution in [3.05, 3.63) is 23.9 Å². The maximum Gasteiger partial charge on any atom is 0.410 e. The molecular formula is C18H27N3O4. The highest BCUT2D eigenvalue weighted by Crippen LogP contribution is 2.25. The second kappa shape index (κ2) is 7.17. The first-order valence-corrected chi connectivity index (χ1v) is 8.77. The molecule has 3 heterocycles. The van der Waals surface area contributed by atoms with Crippen molar-refractivity contribution >= 4 is 11.9 Å². The summed E-state index contributed by atoms with van der Waals surface area (Å²) in [5.74, 6) is 0.901. The van der Waals surface area contributed by atoms with E-state index >= 15 is 0 Å². The van der Waals surface area contributed by atoms with E-state index in [0.717, 1.165) is 17.9 Å². The summed E-state index contributed by atoms with van der Waals surface area (Å²) in [6, 6.07) is 4.14. The standard InChI is InChI=1S/C18H27N3O4/c1-13-12-20(17(22)25-18(2,3)4)7-8-21(13)15-6-5-14(11-19-15)16-23-9-10-24-16/h5-6,11,13,16H,7-10,12H2,1-4H3/t13-/m1/s1. The van der Waals surface area contributed by atoms with Crippen LogP contribution in [0.3, 0.4) is 0 Å². The zero-order valence-corrected chi connectivity index (χ0v) is 15.4. The van der Waals surface area contributed by atoms with E-state index in [1.54, 1.807) is 11.1 Å². The number of hydrogen-bond donors (Lipinski definition) is 0. The van der Waals surface area contributed by atoms with Gasteiger partial charge in [0.05, 0.1) is 13.2 Å². The number of nitrogens with zero attached hydrogens (tertiary/aromatic N) is 3. The van der Waals surface area contributed by atoms with Crippen LogP contribution in [0.5, 0.6) is 0 Å². The van der Waals surface area contributed by atoms with Gasteiger partial charge in [0.2, 0.25) is 0 Å². The Balaban J connectivity index is 1.60. The molecule has 0 aromatic carbocycles. The molecule has 0 aliphatic carbocycles. The van der Waals surface area contributed by atoms with E-state index in [-0.39, 0.29) is 18.4 Å². The maximum absolute atomic E-state index is 12.2. The molecule has 7 nitrogen and oxygen atoms in total. The molecular weight excluding hydrogens is 322 g/mol. The molecule has 0 radical (unpaired) electrons. The van der Waals surface area contributed by atoms with Gasteiger partial charge in [-0.15, -0.1) is 0 Å². The summed E-state index contributed by atoms with van der Waals surface area (Å²) in [5, 5.41) is 0. The lowest BCUT2D eigenvalue weighted by Gasteiger charge is -2.40. The normalized spacial score (nSPS) is 22.3. The molecule has 1 amide bonds. The van der Waals surface area contributed by atoms with Crippen molar-refractivity contribution in [2.75, 3.05) is 37.7 Å². The Bertz CT molecular complexity index is 593. The lowest BCUT2D eigenvalue weighted by molar-refractivity contribution is -0.0443. The van der Waals surface area contributed by atoms with Crippen LogP contribution in [0.4, 0.5) is 10.6 Å². The fourth-order valence-corrected chi connectivity index (χ4v) is 3.05. The van der Waals surface area contributed by atoms with Crippen molar-refractivity contribution in [1.82, 2.24) is 9.88 Å². The Labute approximate surface area is 148 Å². The van der Waals surface area contributed by atoms with Gasteiger partial charge in [-0.3, -0.25) is 0 Å². The average molecular weight is 349 g/mol. The van der Waals surface area contributed by atoms with Crippen molar-refractivity contribution in [2.24, 2.45) is 0 Å². The summed E-state index contributed by atoms with van der Waals surface area (Å²) in [6.07, 6.45) is 1.25. The number of carbonyl (C=O) groups excluding carboxylic acids is 1. The molecule has 0 saturated carbocycles. The number of carbonyl (C=O) groups is 1. The number of ether oxygens (including phenoxy) is 3. The average Bonchev–Trinajstić information content (AvgIpc) is 3.08. The number of hydrogen-bond acceptors (Lipinski definition) is 6. The molecule has 7 heteroatoms. The minimum atomic E-state index is -0.473. The monoisotopic (exact) mass is 349 g/mol. The van der Waals surface area contributed by atoms with Crippen molar-refractivity contribution < 1.29 is 19.0 Å². The van der Waals surface area contributed by atoms with Crippen LogP contribution in [-0.2, 0) is 14.2 Å². The highest BCUT2D eigenvalue weighted by atomic mass is 16.7. The molecule has 0 bridgehead atoms. The van der Waals surface area contributed by atoms with Gasteiger partial charge in [0, 0.05) is 37.4 Å². The van der Waals surface area contributed by atoms with Crippen molar-refractivity contribution in [3.63, 3.8) is 0 Å². The smallest absolute Gasteiger partial charge is 0.410 e. The van der Waals surface area contributed by atoms with E-state index in [4.69, 9.17) is 14.2 Å². The minimum absolute atomic E-state index is 0.165. The molecule has 1 aromatic heterocycles. The number of aromatic nitrogens is 1. The van der Waals surface area contributed by atoms with E-state index in [9.17, 15) is 4.79 Å². The lowest BCUT2D eigenvalue weighted by Crippen LogP contribution is -2.54. The second-order valence-corrected chi connectivity index (χ2v) is 7.49. The quantitative estimate of drug-likeness (QED) is 0.818. The number of piperazine rings is 1. The summed E-state index contributed by atoms with van der Waals surface area (Å²) in [4.78, 5) is 20.8. The minimum Gasteiger partial charge on any atom is -0.444 e. The van der Waals surface area contributed by atoms with Crippen LogP contribution in [0, 0.1) is 0 Å². The summed E-state index contributed by atoms with van der Waals surface area (Å²) in [7, 11) is 0. The second-order valence-electron chi connectivity index (χ2n) is 7.49. The third-order valence-corrected chi connectivity index (χ3v) is 4.24. The van der Waals surface area contributed by atoms with Gasteiger partial charge in [0.25, 0.3) is 0 Å².